The van der Waals surface area contributed by atoms with Gasteiger partial charge >= 0.3 is 18.0 Å². The Morgan fingerprint density at radius 3 is 2.26 bits per heavy atom. The maximum atomic E-state index is 12.6. The van der Waals surface area contributed by atoms with Crippen LogP contribution < -0.4 is 10.1 Å². The Morgan fingerprint density at radius 2 is 1.65 bits per heavy atom. The molecule has 2 amide bonds. The largest absolute Gasteiger partial charge is 0.459 e. The summed E-state index contributed by atoms with van der Waals surface area (Å²) in [5.74, 6) is -1.78. The van der Waals surface area contributed by atoms with E-state index in [0.717, 1.165) is 11.1 Å². The zero-order valence-corrected chi connectivity index (χ0v) is 20.3. The molecule has 0 unspecified atom stereocenters. The van der Waals surface area contributed by atoms with Gasteiger partial charge in [0.05, 0.1) is 17.8 Å². The molecule has 0 bridgehead atoms. The Labute approximate surface area is 199 Å². The van der Waals surface area contributed by atoms with Crippen molar-refractivity contribution in [3.8, 4) is 5.75 Å². The van der Waals surface area contributed by atoms with Crippen LogP contribution in [0.5, 0.6) is 5.75 Å². The molecule has 0 aliphatic rings. The first kappa shape index (κ1) is 24.8. The minimum absolute atomic E-state index is 0.0759. The van der Waals surface area contributed by atoms with Gasteiger partial charge in [-0.05, 0) is 58.4 Å². The molecule has 2 aromatic carbocycles. The van der Waals surface area contributed by atoms with Crippen molar-refractivity contribution in [2.45, 2.75) is 41.2 Å². The van der Waals surface area contributed by atoms with Crippen LogP contribution >= 0.6 is 0 Å². The van der Waals surface area contributed by atoms with E-state index >= 15 is 0 Å². The highest BCUT2D eigenvalue weighted by Crippen LogP contribution is 2.35. The summed E-state index contributed by atoms with van der Waals surface area (Å²) >= 11 is 0. The maximum absolute atomic E-state index is 12.6. The van der Waals surface area contributed by atoms with Gasteiger partial charge in [0.15, 0.2) is 5.75 Å². The maximum Gasteiger partial charge on any atom is 0.415 e. The molecule has 0 saturated heterocycles. The molecule has 8 nitrogen and oxygen atoms in total. The van der Waals surface area contributed by atoms with Crippen LogP contribution in [0, 0.1) is 13.8 Å². The quantitative estimate of drug-likeness (QED) is 0.405. The zero-order chi connectivity index (χ0) is 24.8. The molecule has 1 N–H and O–H groups in total. The summed E-state index contributed by atoms with van der Waals surface area (Å²) in [6.45, 7) is 11.1. The highest BCUT2D eigenvalue weighted by Gasteiger charge is 2.22. The number of fused-ring (bicyclic) bond motifs is 1. The van der Waals surface area contributed by atoms with Crippen molar-refractivity contribution in [2.24, 2.45) is 0 Å². The van der Waals surface area contributed by atoms with Crippen LogP contribution in [-0.4, -0.2) is 47.1 Å². The molecule has 0 atom stereocenters. The summed E-state index contributed by atoms with van der Waals surface area (Å²) in [7, 11) is 0. The number of hydrogen-bond acceptors (Lipinski definition) is 5. The van der Waals surface area contributed by atoms with E-state index in [2.05, 4.69) is 37.4 Å². The normalized spacial score (nSPS) is 10.7. The number of nitrogens with zero attached hydrogens (tertiary/aromatic N) is 2. The lowest BCUT2D eigenvalue weighted by atomic mass is 10.1. The van der Waals surface area contributed by atoms with Gasteiger partial charge in [-0.1, -0.05) is 29.3 Å². The fourth-order valence-electron chi connectivity index (χ4n) is 3.96. The summed E-state index contributed by atoms with van der Waals surface area (Å²) in [6, 6.07) is 11.7. The van der Waals surface area contributed by atoms with Gasteiger partial charge in [0.25, 0.3) is 0 Å². The van der Waals surface area contributed by atoms with Crippen molar-refractivity contribution in [3.05, 3.63) is 59.3 Å². The number of hydrogen-bond donors (Lipinski definition) is 1. The van der Waals surface area contributed by atoms with Gasteiger partial charge in [-0.2, -0.15) is 0 Å². The molecule has 8 heteroatoms. The summed E-state index contributed by atoms with van der Waals surface area (Å²) in [4.78, 5) is 38.5. The lowest BCUT2D eigenvalue weighted by Crippen LogP contribution is -2.33. The molecule has 1 heterocycles. The smallest absolute Gasteiger partial charge is 0.415 e. The van der Waals surface area contributed by atoms with Crippen LogP contribution in [0.15, 0.2) is 42.6 Å². The van der Waals surface area contributed by atoms with Crippen LogP contribution in [0.4, 0.5) is 10.5 Å². The van der Waals surface area contributed by atoms with E-state index in [1.165, 1.54) is 16.0 Å². The number of amides is 2. The predicted octanol–water partition coefficient (Wildman–Crippen LogP) is 4.65. The van der Waals surface area contributed by atoms with Gasteiger partial charge in [0.1, 0.15) is 0 Å². The first-order chi connectivity index (χ1) is 16.3. The van der Waals surface area contributed by atoms with Crippen molar-refractivity contribution in [2.75, 3.05) is 25.0 Å². The molecule has 34 heavy (non-hydrogen) atoms. The zero-order valence-electron chi connectivity index (χ0n) is 20.3. The molecule has 0 aliphatic heterocycles. The van der Waals surface area contributed by atoms with Crippen molar-refractivity contribution >= 4 is 34.6 Å². The molecule has 3 aromatic rings. The van der Waals surface area contributed by atoms with Crippen LogP contribution in [0.3, 0.4) is 0 Å². The van der Waals surface area contributed by atoms with Gasteiger partial charge in [-0.25, -0.2) is 9.59 Å². The van der Waals surface area contributed by atoms with Crippen LogP contribution in [0.1, 0.15) is 37.5 Å². The van der Waals surface area contributed by atoms with E-state index in [1.807, 2.05) is 36.7 Å². The summed E-state index contributed by atoms with van der Waals surface area (Å²) in [5, 5.41) is 3.24. The Bertz CT molecular complexity index is 1190. The Morgan fingerprint density at radius 1 is 0.971 bits per heavy atom. The molecule has 0 fully saturated rings. The SMILES string of the molecule is CCOC(=O)C(=O)Nc1c(OC(=O)N(CC)CC)ccc2c1ccn2Cc1cc(C)cc(C)c1. The van der Waals surface area contributed by atoms with E-state index < -0.39 is 18.0 Å². The summed E-state index contributed by atoms with van der Waals surface area (Å²) < 4.78 is 12.5. The fraction of sp³-hybridized carbons (Fsp3) is 0.346. The van der Waals surface area contributed by atoms with Crippen molar-refractivity contribution in [1.29, 1.82) is 0 Å². The average molecular weight is 466 g/mol. The second-order valence-corrected chi connectivity index (χ2v) is 8.03. The number of ether oxygens (including phenoxy) is 2. The van der Waals surface area contributed by atoms with Crippen LogP contribution in [0.25, 0.3) is 10.9 Å². The van der Waals surface area contributed by atoms with E-state index in [4.69, 9.17) is 9.47 Å². The molecule has 1 aromatic heterocycles. The number of carbonyl (C=O) groups excluding carboxylic acids is 3. The highest BCUT2D eigenvalue weighted by molar-refractivity contribution is 6.38. The second kappa shape index (κ2) is 10.9. The molecule has 0 spiro atoms. The molecule has 3 rings (SSSR count). The topological polar surface area (TPSA) is 89.9 Å². The van der Waals surface area contributed by atoms with Crippen molar-refractivity contribution < 1.29 is 23.9 Å². The third-order valence-electron chi connectivity index (χ3n) is 5.47. The predicted molar refractivity (Wildman–Crippen MR) is 131 cm³/mol. The minimum atomic E-state index is -1.00. The number of benzene rings is 2. The van der Waals surface area contributed by atoms with Crippen molar-refractivity contribution in [3.63, 3.8) is 0 Å². The van der Waals surface area contributed by atoms with E-state index in [-0.39, 0.29) is 18.0 Å². The van der Waals surface area contributed by atoms with Gasteiger partial charge in [0, 0.05) is 31.2 Å². The van der Waals surface area contributed by atoms with Gasteiger partial charge in [-0.3, -0.25) is 4.79 Å². The number of nitrogens with one attached hydrogen (secondary N) is 1. The third kappa shape index (κ3) is 5.57. The van der Waals surface area contributed by atoms with Gasteiger partial charge in [-0.15, -0.1) is 0 Å². The first-order valence-corrected chi connectivity index (χ1v) is 11.4. The van der Waals surface area contributed by atoms with E-state index in [0.29, 0.717) is 25.0 Å². The Kier molecular flexibility index (Phi) is 7.94. The molecule has 180 valence electrons. The lowest BCUT2D eigenvalue weighted by molar-refractivity contribution is -0.152. The number of carbonyl (C=O) groups is 3. The Balaban J connectivity index is 2.03. The molecular weight excluding hydrogens is 434 g/mol. The number of anilines is 1. The molecule has 0 aliphatic carbocycles. The highest BCUT2D eigenvalue weighted by atomic mass is 16.6. The first-order valence-electron chi connectivity index (χ1n) is 11.4. The Hall–Kier alpha value is -3.81. The summed E-state index contributed by atoms with van der Waals surface area (Å²) in [6.07, 6.45) is 1.36. The van der Waals surface area contributed by atoms with Crippen molar-refractivity contribution in [1.82, 2.24) is 9.47 Å². The molecular formula is C26H31N3O5. The second-order valence-electron chi connectivity index (χ2n) is 8.03. The number of aryl methyl sites for hydroxylation is 2. The number of aromatic nitrogens is 1. The fourth-order valence-corrected chi connectivity index (χ4v) is 3.96. The van der Waals surface area contributed by atoms with Crippen LogP contribution in [0.2, 0.25) is 0 Å². The van der Waals surface area contributed by atoms with Gasteiger partial charge < -0.3 is 24.3 Å². The van der Waals surface area contributed by atoms with Crippen LogP contribution in [-0.2, 0) is 20.9 Å². The standard InChI is InChI=1S/C26H31N3O5/c1-6-28(7-2)26(32)34-22-10-9-21-20(23(22)27-24(30)25(31)33-8-3)11-12-29(21)16-19-14-17(4)13-18(5)15-19/h9-15H,6-8,16H2,1-5H3,(H,27,30). The lowest BCUT2D eigenvalue weighted by Gasteiger charge is -2.19. The number of rotatable bonds is 7. The molecule has 0 saturated carbocycles. The van der Waals surface area contributed by atoms with E-state index in [9.17, 15) is 14.4 Å². The average Bonchev–Trinajstić information content (AvgIpc) is 3.18. The molecule has 0 radical (unpaired) electrons. The van der Waals surface area contributed by atoms with Gasteiger partial charge in [0.2, 0.25) is 0 Å². The third-order valence-corrected chi connectivity index (χ3v) is 5.47. The summed E-state index contributed by atoms with van der Waals surface area (Å²) in [5.41, 5.74) is 4.57. The minimum Gasteiger partial charge on any atom is -0.459 e. The monoisotopic (exact) mass is 465 g/mol. The number of esters is 1. The van der Waals surface area contributed by atoms with E-state index in [1.54, 1.807) is 13.0 Å².